The Morgan fingerprint density at radius 2 is 2.07 bits per heavy atom. The number of allylic oxidation sites excluding steroid dienone is 7. The average Bonchev–Trinajstić information content (AvgIpc) is 2.86. The van der Waals surface area contributed by atoms with E-state index < -0.39 is 5.41 Å². The molecule has 2 heteroatoms. The van der Waals surface area contributed by atoms with Gasteiger partial charge in [0.05, 0.1) is 24.4 Å². The van der Waals surface area contributed by atoms with Crippen LogP contribution < -0.4 is 0 Å². The molecule has 4 aliphatic rings. The second-order valence-electron chi connectivity index (χ2n) is 9.85. The van der Waals surface area contributed by atoms with E-state index in [-0.39, 0.29) is 10.8 Å². The lowest BCUT2D eigenvalue weighted by molar-refractivity contribution is -0.0408. The van der Waals surface area contributed by atoms with Crippen LogP contribution >= 0.6 is 0 Å². The molecule has 0 saturated heterocycles. The molecule has 6 atom stereocenters. The second kappa shape index (κ2) is 6.24. The van der Waals surface area contributed by atoms with Crippen LogP contribution in [0.4, 0.5) is 0 Å². The topological polar surface area (TPSA) is 33.0 Å². The van der Waals surface area contributed by atoms with Gasteiger partial charge in [0, 0.05) is 6.42 Å². The van der Waals surface area contributed by atoms with E-state index in [4.69, 9.17) is 4.74 Å². The quantitative estimate of drug-likeness (QED) is 0.527. The first-order chi connectivity index (χ1) is 13.3. The molecule has 0 amide bonds. The molecule has 148 valence electrons. The monoisotopic (exact) mass is 375 g/mol. The van der Waals surface area contributed by atoms with Gasteiger partial charge in [0.2, 0.25) is 0 Å². The Kier molecular flexibility index (Phi) is 4.31. The normalized spacial score (nSPS) is 44.4. The lowest BCUT2D eigenvalue weighted by atomic mass is 9.46. The van der Waals surface area contributed by atoms with Crippen LogP contribution in [0, 0.1) is 45.3 Å². The summed E-state index contributed by atoms with van der Waals surface area (Å²) < 4.78 is 5.56. The van der Waals surface area contributed by atoms with Crippen molar-refractivity contribution in [2.75, 3.05) is 7.11 Å². The van der Waals surface area contributed by atoms with Crippen LogP contribution in [0.5, 0.6) is 0 Å². The first kappa shape index (κ1) is 19.3. The Morgan fingerprint density at radius 3 is 2.71 bits per heavy atom. The Balaban J connectivity index is 1.79. The van der Waals surface area contributed by atoms with E-state index >= 15 is 0 Å². The number of rotatable bonds is 3. The standard InChI is InChI=1S/C26H33NO/c1-7-12-26(16-27)18(3)17(2)23-21-9-8-19-15-20(28-6)10-13-24(19,4)22(21)11-14-25(23,26)5/h7-8,15,21-23H,1-3,9-14H2,4-6H3/t21-,22-,23+,24+,25+,26?/m1/s1. The van der Waals surface area contributed by atoms with Gasteiger partial charge in [0.25, 0.3) is 0 Å². The molecule has 4 aliphatic carbocycles. The summed E-state index contributed by atoms with van der Waals surface area (Å²) >= 11 is 0. The number of ether oxygens (including phenoxy) is 1. The van der Waals surface area contributed by atoms with Crippen LogP contribution in [-0.4, -0.2) is 7.11 Å². The maximum Gasteiger partial charge on any atom is 0.0958 e. The maximum absolute atomic E-state index is 10.3. The Hall–Kier alpha value is -2.01. The van der Waals surface area contributed by atoms with Crippen LogP contribution in [0.25, 0.3) is 0 Å². The van der Waals surface area contributed by atoms with Crippen LogP contribution in [0.2, 0.25) is 0 Å². The number of hydrogen-bond donors (Lipinski definition) is 0. The predicted molar refractivity (Wildman–Crippen MR) is 114 cm³/mol. The van der Waals surface area contributed by atoms with Crippen molar-refractivity contribution >= 4 is 0 Å². The van der Waals surface area contributed by atoms with E-state index in [1.54, 1.807) is 7.11 Å². The van der Waals surface area contributed by atoms with Crippen molar-refractivity contribution in [1.82, 2.24) is 0 Å². The molecule has 0 aromatic rings. The van der Waals surface area contributed by atoms with E-state index in [0.29, 0.717) is 24.2 Å². The molecule has 2 fully saturated rings. The van der Waals surface area contributed by atoms with Crippen molar-refractivity contribution in [3.05, 3.63) is 60.4 Å². The van der Waals surface area contributed by atoms with Crippen LogP contribution in [0.1, 0.15) is 52.4 Å². The van der Waals surface area contributed by atoms with Crippen molar-refractivity contribution in [2.45, 2.75) is 52.4 Å². The summed E-state index contributed by atoms with van der Waals surface area (Å²) in [6.07, 6.45) is 12.8. The summed E-state index contributed by atoms with van der Waals surface area (Å²) in [7, 11) is 1.78. The smallest absolute Gasteiger partial charge is 0.0958 e. The van der Waals surface area contributed by atoms with Gasteiger partial charge in [-0.3, -0.25) is 0 Å². The SMILES string of the molecule is C=CCC1(C#N)C(=C)C(=C)[C@H]2[C@@H]3CC=C4C=C(OC)CC[C@]4(C)[C@@H]3CC[C@@]21C. The lowest BCUT2D eigenvalue weighted by Crippen LogP contribution is -2.51. The third-order valence-corrected chi connectivity index (χ3v) is 9.06. The molecule has 28 heavy (non-hydrogen) atoms. The molecule has 1 unspecified atom stereocenters. The second-order valence-corrected chi connectivity index (χ2v) is 9.85. The van der Waals surface area contributed by atoms with E-state index in [9.17, 15) is 5.26 Å². The van der Waals surface area contributed by atoms with Gasteiger partial charge in [-0.05, 0) is 83.5 Å². The third kappa shape index (κ3) is 2.14. The summed E-state index contributed by atoms with van der Waals surface area (Å²) in [6.45, 7) is 17.6. The van der Waals surface area contributed by atoms with Crippen molar-refractivity contribution in [1.29, 1.82) is 5.26 Å². The number of hydrogen-bond acceptors (Lipinski definition) is 2. The fraction of sp³-hybridized carbons (Fsp3) is 0.577. The first-order valence-corrected chi connectivity index (χ1v) is 10.6. The summed E-state index contributed by atoms with van der Waals surface area (Å²) in [5, 5.41) is 10.3. The van der Waals surface area contributed by atoms with E-state index in [0.717, 1.165) is 42.6 Å². The highest BCUT2D eigenvalue weighted by atomic mass is 16.5. The van der Waals surface area contributed by atoms with E-state index in [1.807, 2.05) is 6.08 Å². The molecule has 0 N–H and O–H groups in total. The molecular formula is C26H33NO. The molecule has 0 aliphatic heterocycles. The molecule has 0 heterocycles. The molecule has 0 radical (unpaired) electrons. The number of nitrogens with zero attached hydrogens (tertiary/aromatic N) is 1. The van der Waals surface area contributed by atoms with Gasteiger partial charge >= 0.3 is 0 Å². The third-order valence-electron chi connectivity index (χ3n) is 9.06. The van der Waals surface area contributed by atoms with E-state index in [1.165, 1.54) is 12.0 Å². The minimum Gasteiger partial charge on any atom is -0.501 e. The van der Waals surface area contributed by atoms with Gasteiger partial charge in [-0.25, -0.2) is 0 Å². The zero-order chi connectivity index (χ0) is 20.3. The molecule has 0 spiro atoms. The minimum absolute atomic E-state index is 0.102. The largest absolute Gasteiger partial charge is 0.501 e. The average molecular weight is 376 g/mol. The highest BCUT2D eigenvalue weighted by Crippen LogP contribution is 2.72. The molecule has 4 rings (SSSR count). The molecule has 2 nitrogen and oxygen atoms in total. The van der Waals surface area contributed by atoms with Crippen molar-refractivity contribution < 1.29 is 4.74 Å². The van der Waals surface area contributed by atoms with Gasteiger partial charge in [-0.2, -0.15) is 5.26 Å². The lowest BCUT2D eigenvalue weighted by Gasteiger charge is -2.57. The maximum atomic E-state index is 10.3. The van der Waals surface area contributed by atoms with Crippen LogP contribution in [0.15, 0.2) is 60.4 Å². The summed E-state index contributed by atoms with van der Waals surface area (Å²) in [5.74, 6) is 2.61. The summed E-state index contributed by atoms with van der Waals surface area (Å²) in [5.41, 5.74) is 3.10. The Morgan fingerprint density at radius 1 is 1.32 bits per heavy atom. The van der Waals surface area contributed by atoms with Crippen molar-refractivity contribution in [3.8, 4) is 6.07 Å². The van der Waals surface area contributed by atoms with Gasteiger partial charge in [-0.15, -0.1) is 6.58 Å². The number of fused-ring (bicyclic) bond motifs is 5. The minimum atomic E-state index is -0.554. The molecule has 0 aromatic carbocycles. The fourth-order valence-electron chi connectivity index (χ4n) is 7.42. The molecule has 0 aromatic heterocycles. The van der Waals surface area contributed by atoms with Gasteiger partial charge < -0.3 is 4.74 Å². The highest BCUT2D eigenvalue weighted by Gasteiger charge is 2.66. The van der Waals surface area contributed by atoms with E-state index in [2.05, 4.69) is 51.8 Å². The summed E-state index contributed by atoms with van der Waals surface area (Å²) in [4.78, 5) is 0. The van der Waals surface area contributed by atoms with Crippen molar-refractivity contribution in [3.63, 3.8) is 0 Å². The summed E-state index contributed by atoms with van der Waals surface area (Å²) in [6, 6.07) is 2.70. The molecule has 0 bridgehead atoms. The molecule has 2 saturated carbocycles. The fourth-order valence-corrected chi connectivity index (χ4v) is 7.42. The predicted octanol–water partition coefficient (Wildman–Crippen LogP) is 6.51. The Labute approximate surface area is 170 Å². The molecular weight excluding hydrogens is 342 g/mol. The highest BCUT2D eigenvalue weighted by molar-refractivity contribution is 5.51. The van der Waals surface area contributed by atoms with Crippen molar-refractivity contribution in [2.24, 2.45) is 34.0 Å². The van der Waals surface area contributed by atoms with Gasteiger partial charge in [0.15, 0.2) is 0 Å². The van der Waals surface area contributed by atoms with Crippen LogP contribution in [0.3, 0.4) is 0 Å². The zero-order valence-electron chi connectivity index (χ0n) is 17.7. The van der Waals surface area contributed by atoms with Gasteiger partial charge in [-0.1, -0.05) is 39.2 Å². The first-order valence-electron chi connectivity index (χ1n) is 10.6. The van der Waals surface area contributed by atoms with Gasteiger partial charge in [0.1, 0.15) is 0 Å². The zero-order valence-corrected chi connectivity index (χ0v) is 17.7. The number of methoxy groups -OCH3 is 1. The Bertz CT molecular complexity index is 854. The number of nitriles is 1. The van der Waals surface area contributed by atoms with Crippen LogP contribution in [-0.2, 0) is 4.74 Å².